The van der Waals surface area contributed by atoms with Crippen LogP contribution in [0.1, 0.15) is 49.2 Å². The highest BCUT2D eigenvalue weighted by Crippen LogP contribution is 2.26. The van der Waals surface area contributed by atoms with Crippen molar-refractivity contribution >= 4 is 28.6 Å². The first-order valence-electron chi connectivity index (χ1n) is 15.3. The number of H-pyrrole nitrogens is 1. The highest BCUT2D eigenvalue weighted by molar-refractivity contribution is 6.01. The smallest absolute Gasteiger partial charge is 0.268 e. The van der Waals surface area contributed by atoms with Gasteiger partial charge in [-0.1, -0.05) is 50.2 Å². The fourth-order valence-corrected chi connectivity index (χ4v) is 5.36. The number of aromatic nitrogens is 1. The second-order valence-corrected chi connectivity index (χ2v) is 11.6. The number of nitrogens with one attached hydrogen (secondary N) is 5. The molecule has 3 atom stereocenters. The van der Waals surface area contributed by atoms with Crippen molar-refractivity contribution in [3.05, 3.63) is 77.5 Å². The van der Waals surface area contributed by atoms with E-state index in [1.54, 1.807) is 13.2 Å². The molecule has 1 saturated heterocycles. The predicted octanol–water partition coefficient (Wildman–Crippen LogP) is 3.55. The maximum atomic E-state index is 13.8. The van der Waals surface area contributed by atoms with Gasteiger partial charge in [-0.15, -0.1) is 0 Å². The quantitative estimate of drug-likeness (QED) is 0.146. The molecular formula is C34H42N6O5. The molecule has 11 heteroatoms. The number of ether oxygens (including phenoxy) is 2. The van der Waals surface area contributed by atoms with Crippen molar-refractivity contribution in [3.8, 4) is 11.8 Å². The van der Waals surface area contributed by atoms with E-state index >= 15 is 0 Å². The van der Waals surface area contributed by atoms with Gasteiger partial charge in [0.25, 0.3) is 11.8 Å². The molecule has 0 bridgehead atoms. The molecule has 1 aliphatic rings. The summed E-state index contributed by atoms with van der Waals surface area (Å²) in [6.07, 6.45) is 3.15. The van der Waals surface area contributed by atoms with Crippen LogP contribution in [0.15, 0.2) is 66.2 Å². The van der Waals surface area contributed by atoms with Crippen molar-refractivity contribution < 1.29 is 23.9 Å². The minimum atomic E-state index is -0.855. The summed E-state index contributed by atoms with van der Waals surface area (Å²) in [5.41, 5.74) is 1.85. The number of carbonyl (C=O) groups is 3. The first kappa shape index (κ1) is 33.2. The van der Waals surface area contributed by atoms with E-state index < -0.39 is 29.8 Å². The van der Waals surface area contributed by atoms with E-state index in [0.29, 0.717) is 37.6 Å². The van der Waals surface area contributed by atoms with Crippen molar-refractivity contribution in [1.82, 2.24) is 26.3 Å². The normalized spacial score (nSPS) is 16.7. The van der Waals surface area contributed by atoms with Crippen molar-refractivity contribution in [2.45, 2.75) is 51.7 Å². The lowest BCUT2D eigenvalue weighted by Crippen LogP contribution is -2.50. The Bertz CT molecular complexity index is 1520. The predicted molar refractivity (Wildman–Crippen MR) is 171 cm³/mol. The second-order valence-electron chi connectivity index (χ2n) is 11.6. The van der Waals surface area contributed by atoms with E-state index in [1.165, 1.54) is 6.08 Å². The maximum Gasteiger partial charge on any atom is 0.268 e. The fourth-order valence-electron chi connectivity index (χ4n) is 5.36. The highest BCUT2D eigenvalue weighted by atomic mass is 16.5. The Hall–Kier alpha value is -4.66. The van der Waals surface area contributed by atoms with Crippen LogP contribution in [0.2, 0.25) is 0 Å². The zero-order valence-electron chi connectivity index (χ0n) is 26.0. The molecule has 2 aromatic carbocycles. The summed E-state index contributed by atoms with van der Waals surface area (Å²) < 4.78 is 11.1. The van der Waals surface area contributed by atoms with Gasteiger partial charge < -0.3 is 30.4 Å². The Morgan fingerprint density at radius 3 is 2.67 bits per heavy atom. The molecule has 1 aliphatic heterocycles. The monoisotopic (exact) mass is 614 g/mol. The van der Waals surface area contributed by atoms with E-state index in [1.807, 2.05) is 68.4 Å². The molecule has 3 aromatic rings. The molecule has 4 rings (SSSR count). The third kappa shape index (κ3) is 9.66. The third-order valence-electron chi connectivity index (χ3n) is 7.65. The summed E-state index contributed by atoms with van der Waals surface area (Å²) in [7, 11) is 1.57. The van der Waals surface area contributed by atoms with Gasteiger partial charge in [0.2, 0.25) is 5.91 Å². The number of nitriles is 1. The largest absolute Gasteiger partial charge is 0.496 e. The van der Waals surface area contributed by atoms with Gasteiger partial charge in [0, 0.05) is 23.5 Å². The number of aromatic amines is 1. The Morgan fingerprint density at radius 2 is 1.93 bits per heavy atom. The molecule has 238 valence electrons. The van der Waals surface area contributed by atoms with Crippen LogP contribution >= 0.6 is 0 Å². The standard InChI is InChI=1S/C34H42N6O5/c1-22(2)14-29(40-34(43)30-17-27-28(39-30)10-7-11-31(27)44-3)33(42)38-26(15-24-12-13-36-21-45-20-24)16-25(18-35)32(41)37-19-23-8-5-4-6-9-23/h4-11,16-17,22,24,26,29,36,39H,12-15,19-21H2,1-3H3,(H,37,41)(H,38,42)(H,40,43)/b25-16-. The Labute approximate surface area is 263 Å². The molecule has 3 unspecified atom stereocenters. The topological polar surface area (TPSA) is 157 Å². The van der Waals surface area contributed by atoms with Gasteiger partial charge in [0.05, 0.1) is 20.4 Å². The van der Waals surface area contributed by atoms with E-state index in [-0.39, 0.29) is 24.0 Å². The summed E-state index contributed by atoms with van der Waals surface area (Å²) in [6, 6.07) is 17.1. The lowest BCUT2D eigenvalue weighted by Gasteiger charge is -2.25. The summed E-state index contributed by atoms with van der Waals surface area (Å²) in [6.45, 7) is 5.87. The van der Waals surface area contributed by atoms with Crippen LogP contribution < -0.4 is 26.0 Å². The fraction of sp³-hybridized carbons (Fsp3) is 0.412. The molecule has 1 aromatic heterocycles. The molecule has 1 fully saturated rings. The summed E-state index contributed by atoms with van der Waals surface area (Å²) in [5, 5.41) is 22.5. The molecule has 0 radical (unpaired) electrons. The highest BCUT2D eigenvalue weighted by Gasteiger charge is 2.27. The second kappa shape index (κ2) is 16.4. The average molecular weight is 615 g/mol. The zero-order chi connectivity index (χ0) is 32.2. The van der Waals surface area contributed by atoms with Crippen molar-refractivity contribution in [2.24, 2.45) is 11.8 Å². The van der Waals surface area contributed by atoms with Crippen molar-refractivity contribution in [3.63, 3.8) is 0 Å². The van der Waals surface area contributed by atoms with Crippen molar-refractivity contribution in [2.75, 3.05) is 27.0 Å². The molecule has 0 aliphatic carbocycles. The number of benzene rings is 2. The zero-order valence-corrected chi connectivity index (χ0v) is 26.0. The summed E-state index contributed by atoms with van der Waals surface area (Å²) >= 11 is 0. The Morgan fingerprint density at radius 1 is 1.13 bits per heavy atom. The van der Waals surface area contributed by atoms with Gasteiger partial charge in [-0.3, -0.25) is 19.7 Å². The van der Waals surface area contributed by atoms with Crippen LogP contribution in [-0.2, 0) is 20.9 Å². The van der Waals surface area contributed by atoms with Gasteiger partial charge >= 0.3 is 0 Å². The lowest BCUT2D eigenvalue weighted by atomic mass is 9.95. The summed E-state index contributed by atoms with van der Waals surface area (Å²) in [5.74, 6) is -0.552. The van der Waals surface area contributed by atoms with E-state index in [0.717, 1.165) is 29.4 Å². The minimum Gasteiger partial charge on any atom is -0.496 e. The van der Waals surface area contributed by atoms with Crippen LogP contribution in [0.4, 0.5) is 0 Å². The SMILES string of the molecule is COc1cccc2[nH]c(C(=O)NC(CC(C)C)C(=O)NC(/C=C(/C#N)C(=O)NCc3ccccc3)CC3CCNCOC3)cc12. The molecule has 2 heterocycles. The van der Waals surface area contributed by atoms with Gasteiger partial charge in [-0.05, 0) is 67.5 Å². The Kier molecular flexibility index (Phi) is 12.1. The number of methoxy groups -OCH3 is 1. The third-order valence-corrected chi connectivity index (χ3v) is 7.65. The molecule has 45 heavy (non-hydrogen) atoms. The molecule has 3 amide bonds. The number of amides is 3. The number of fused-ring (bicyclic) bond motifs is 1. The lowest BCUT2D eigenvalue weighted by molar-refractivity contribution is -0.124. The number of hydrogen-bond donors (Lipinski definition) is 5. The van der Waals surface area contributed by atoms with Crippen LogP contribution in [0.5, 0.6) is 5.75 Å². The number of nitrogens with zero attached hydrogens (tertiary/aromatic N) is 1. The van der Waals surface area contributed by atoms with Crippen LogP contribution in [0.3, 0.4) is 0 Å². The molecule has 5 N–H and O–H groups in total. The first-order valence-corrected chi connectivity index (χ1v) is 15.3. The first-order chi connectivity index (χ1) is 21.8. The van der Waals surface area contributed by atoms with E-state index in [4.69, 9.17) is 9.47 Å². The van der Waals surface area contributed by atoms with Gasteiger partial charge in [0.1, 0.15) is 29.1 Å². The minimum absolute atomic E-state index is 0.0772. The van der Waals surface area contributed by atoms with E-state index in [9.17, 15) is 19.6 Å². The Balaban J connectivity index is 1.53. The van der Waals surface area contributed by atoms with Crippen LogP contribution in [0, 0.1) is 23.2 Å². The number of hydrogen-bond acceptors (Lipinski definition) is 7. The van der Waals surface area contributed by atoms with Crippen LogP contribution in [0.25, 0.3) is 10.9 Å². The van der Waals surface area contributed by atoms with Gasteiger partial charge in [0.15, 0.2) is 0 Å². The van der Waals surface area contributed by atoms with Gasteiger partial charge in [-0.25, -0.2) is 0 Å². The average Bonchev–Trinajstić information content (AvgIpc) is 3.32. The van der Waals surface area contributed by atoms with Crippen molar-refractivity contribution in [1.29, 1.82) is 5.26 Å². The number of carbonyl (C=O) groups excluding carboxylic acids is 3. The molecule has 0 spiro atoms. The van der Waals surface area contributed by atoms with Gasteiger partial charge in [-0.2, -0.15) is 5.26 Å². The summed E-state index contributed by atoms with van der Waals surface area (Å²) in [4.78, 5) is 43.2. The maximum absolute atomic E-state index is 13.8. The number of rotatable bonds is 13. The molecular weight excluding hydrogens is 572 g/mol. The molecule has 0 saturated carbocycles. The van der Waals surface area contributed by atoms with E-state index in [2.05, 4.69) is 26.3 Å². The molecule has 11 nitrogen and oxygen atoms in total. The van der Waals surface area contributed by atoms with Crippen LogP contribution in [-0.4, -0.2) is 61.8 Å².